The lowest BCUT2D eigenvalue weighted by Gasteiger charge is -2.02. The minimum absolute atomic E-state index is 0.527. The first-order valence-electron chi connectivity index (χ1n) is 5.35. The molecule has 0 spiro atoms. The van der Waals surface area contributed by atoms with Crippen molar-refractivity contribution >= 4 is 5.82 Å². The van der Waals surface area contributed by atoms with Crippen LogP contribution in [0.4, 0.5) is 5.82 Å². The van der Waals surface area contributed by atoms with Gasteiger partial charge in [0.15, 0.2) is 11.6 Å². The number of anilines is 1. The minimum Gasteiger partial charge on any atom is -0.381 e. The molecule has 16 heavy (non-hydrogen) atoms. The van der Waals surface area contributed by atoms with Gasteiger partial charge in [0.1, 0.15) is 6.54 Å². The van der Waals surface area contributed by atoms with Gasteiger partial charge in [-0.25, -0.2) is 4.68 Å². The van der Waals surface area contributed by atoms with E-state index in [1.54, 1.807) is 0 Å². The topological polar surface area (TPSA) is 82.8 Å². The molecule has 1 aliphatic rings. The Morgan fingerprint density at radius 1 is 1.56 bits per heavy atom. The summed E-state index contributed by atoms with van der Waals surface area (Å²) in [5, 5.41) is 11.8. The molecule has 1 aliphatic carbocycles. The van der Waals surface area contributed by atoms with Crippen LogP contribution in [0.1, 0.15) is 35.9 Å². The summed E-state index contributed by atoms with van der Waals surface area (Å²) in [6.07, 6.45) is 2.35. The molecule has 2 N–H and O–H groups in total. The van der Waals surface area contributed by atoms with Crippen LogP contribution in [0.2, 0.25) is 0 Å². The van der Waals surface area contributed by atoms with Gasteiger partial charge in [-0.05, 0) is 19.8 Å². The third-order valence-electron chi connectivity index (χ3n) is 2.75. The van der Waals surface area contributed by atoms with Crippen molar-refractivity contribution in [3.05, 3.63) is 23.2 Å². The van der Waals surface area contributed by atoms with E-state index < -0.39 is 0 Å². The smallest absolute Gasteiger partial charge is 0.169 e. The summed E-state index contributed by atoms with van der Waals surface area (Å²) in [4.78, 5) is 0. The van der Waals surface area contributed by atoms with Gasteiger partial charge in [-0.3, -0.25) is 0 Å². The van der Waals surface area contributed by atoms with Gasteiger partial charge in [0.05, 0.1) is 11.4 Å². The first kappa shape index (κ1) is 9.38. The van der Waals surface area contributed by atoms with Crippen LogP contribution in [0.3, 0.4) is 0 Å². The summed E-state index contributed by atoms with van der Waals surface area (Å²) in [7, 11) is 0. The van der Waals surface area contributed by atoms with E-state index in [4.69, 9.17) is 10.3 Å². The number of nitrogens with two attached hydrogens (primary N) is 1. The molecule has 0 atom stereocenters. The van der Waals surface area contributed by atoms with Crippen LogP contribution in [0.15, 0.2) is 10.6 Å². The molecule has 1 fully saturated rings. The Kier molecular flexibility index (Phi) is 1.95. The van der Waals surface area contributed by atoms with Gasteiger partial charge in [0.25, 0.3) is 0 Å². The molecule has 0 unspecified atom stereocenters. The predicted octanol–water partition coefficient (Wildman–Crippen LogP) is 1.08. The number of aryl methyl sites for hydroxylation is 1. The molecule has 0 radical (unpaired) electrons. The molecular formula is C10H13N5O. The molecule has 0 aliphatic heterocycles. The van der Waals surface area contributed by atoms with Crippen LogP contribution in [0.5, 0.6) is 0 Å². The van der Waals surface area contributed by atoms with E-state index in [1.165, 1.54) is 12.8 Å². The number of hydrogen-bond acceptors (Lipinski definition) is 5. The van der Waals surface area contributed by atoms with E-state index in [1.807, 2.05) is 17.7 Å². The van der Waals surface area contributed by atoms with E-state index >= 15 is 0 Å². The highest BCUT2D eigenvalue weighted by molar-refractivity contribution is 5.38. The van der Waals surface area contributed by atoms with Crippen molar-refractivity contribution in [3.8, 4) is 0 Å². The number of nitrogen functional groups attached to an aromatic ring is 1. The second kappa shape index (κ2) is 3.33. The molecule has 6 nitrogen and oxygen atoms in total. The van der Waals surface area contributed by atoms with E-state index in [0.717, 1.165) is 17.1 Å². The summed E-state index contributed by atoms with van der Waals surface area (Å²) in [5.41, 5.74) is 7.71. The van der Waals surface area contributed by atoms with Crippen LogP contribution in [0, 0.1) is 6.92 Å². The third-order valence-corrected chi connectivity index (χ3v) is 2.75. The van der Waals surface area contributed by atoms with Crippen molar-refractivity contribution in [3.63, 3.8) is 0 Å². The first-order valence-corrected chi connectivity index (χ1v) is 5.35. The van der Waals surface area contributed by atoms with Gasteiger partial charge in [-0.15, -0.1) is 5.10 Å². The Morgan fingerprint density at radius 3 is 3.00 bits per heavy atom. The zero-order chi connectivity index (χ0) is 11.1. The molecule has 6 heteroatoms. The Balaban J connectivity index is 1.89. The Labute approximate surface area is 92.4 Å². The monoisotopic (exact) mass is 219 g/mol. The summed E-state index contributed by atoms with van der Waals surface area (Å²) in [6, 6.07) is 1.90. The summed E-state index contributed by atoms with van der Waals surface area (Å²) in [6.45, 7) is 2.45. The fourth-order valence-corrected chi connectivity index (χ4v) is 1.87. The summed E-state index contributed by atoms with van der Waals surface area (Å²) < 4.78 is 6.97. The van der Waals surface area contributed by atoms with Gasteiger partial charge in [-0.2, -0.15) is 0 Å². The quantitative estimate of drug-likeness (QED) is 0.835. The highest BCUT2D eigenvalue weighted by atomic mass is 16.5. The van der Waals surface area contributed by atoms with Crippen molar-refractivity contribution in [2.75, 3.05) is 5.73 Å². The maximum Gasteiger partial charge on any atom is 0.169 e. The van der Waals surface area contributed by atoms with Crippen LogP contribution >= 0.6 is 0 Å². The average Bonchev–Trinajstić information content (AvgIpc) is 2.91. The van der Waals surface area contributed by atoms with E-state index in [-0.39, 0.29) is 0 Å². The molecule has 0 saturated heterocycles. The minimum atomic E-state index is 0.527. The molecule has 2 aromatic rings. The largest absolute Gasteiger partial charge is 0.381 e. The third kappa shape index (κ3) is 1.56. The zero-order valence-corrected chi connectivity index (χ0v) is 9.05. The van der Waals surface area contributed by atoms with Gasteiger partial charge >= 0.3 is 0 Å². The number of aromatic nitrogens is 4. The Hall–Kier alpha value is -1.85. The fraction of sp³-hybridized carbons (Fsp3) is 0.500. The number of hydrogen-bond donors (Lipinski definition) is 1. The summed E-state index contributed by atoms with van der Waals surface area (Å²) >= 11 is 0. The number of nitrogens with zero attached hydrogens (tertiary/aromatic N) is 4. The molecule has 1 saturated carbocycles. The molecule has 0 aromatic carbocycles. The van der Waals surface area contributed by atoms with Gasteiger partial charge in [0.2, 0.25) is 0 Å². The highest BCUT2D eigenvalue weighted by Crippen LogP contribution is 2.42. The Bertz CT molecular complexity index is 511. The average molecular weight is 219 g/mol. The predicted molar refractivity (Wildman–Crippen MR) is 56.8 cm³/mol. The highest BCUT2D eigenvalue weighted by Gasteiger charge is 2.30. The van der Waals surface area contributed by atoms with Crippen molar-refractivity contribution in [1.29, 1.82) is 0 Å². The van der Waals surface area contributed by atoms with Crippen molar-refractivity contribution < 1.29 is 4.52 Å². The molecule has 2 heterocycles. The van der Waals surface area contributed by atoms with Gasteiger partial charge in [-0.1, -0.05) is 10.4 Å². The molecule has 84 valence electrons. The second-order valence-corrected chi connectivity index (χ2v) is 4.23. The maximum atomic E-state index is 5.80. The molecular weight excluding hydrogens is 206 g/mol. The molecule has 0 amide bonds. The number of rotatable bonds is 3. The Morgan fingerprint density at radius 2 is 2.38 bits per heavy atom. The van der Waals surface area contributed by atoms with Crippen LogP contribution < -0.4 is 5.73 Å². The lowest BCUT2D eigenvalue weighted by Crippen LogP contribution is -2.06. The molecule has 3 rings (SSSR count). The lowest BCUT2D eigenvalue weighted by molar-refractivity contribution is 0.365. The second-order valence-electron chi connectivity index (χ2n) is 4.23. The van der Waals surface area contributed by atoms with Crippen molar-refractivity contribution in [2.45, 2.75) is 32.2 Å². The molecule has 0 bridgehead atoms. The summed E-state index contributed by atoms with van der Waals surface area (Å²) in [5.74, 6) is 1.85. The van der Waals surface area contributed by atoms with Crippen LogP contribution in [-0.4, -0.2) is 20.2 Å². The van der Waals surface area contributed by atoms with Crippen LogP contribution in [-0.2, 0) is 6.54 Å². The van der Waals surface area contributed by atoms with Gasteiger partial charge < -0.3 is 10.3 Å². The van der Waals surface area contributed by atoms with E-state index in [0.29, 0.717) is 18.3 Å². The maximum absolute atomic E-state index is 5.80. The first-order chi connectivity index (χ1) is 7.74. The van der Waals surface area contributed by atoms with Crippen LogP contribution in [0.25, 0.3) is 0 Å². The normalized spacial score (nSPS) is 15.6. The standard InChI is InChI=1S/C10H13N5O/c1-6-4-8(16-13-6)5-15-9(7-2-3-7)10(11)12-14-15/h4,7H,2-3,5,11H2,1H3. The zero-order valence-electron chi connectivity index (χ0n) is 9.05. The SMILES string of the molecule is Cc1cc(Cn2nnc(N)c2C2CC2)on1. The fourth-order valence-electron chi connectivity index (χ4n) is 1.87. The van der Waals surface area contributed by atoms with E-state index in [9.17, 15) is 0 Å². The molecule has 2 aromatic heterocycles. The van der Waals surface area contributed by atoms with Gasteiger partial charge in [0, 0.05) is 12.0 Å². The lowest BCUT2D eigenvalue weighted by atomic mass is 10.3. The van der Waals surface area contributed by atoms with Crippen molar-refractivity contribution in [1.82, 2.24) is 20.2 Å². The van der Waals surface area contributed by atoms with E-state index in [2.05, 4.69) is 15.5 Å². The van der Waals surface area contributed by atoms with Crippen molar-refractivity contribution in [2.24, 2.45) is 0 Å².